The fraction of sp³-hybridized carbons (Fsp3) is 0.320. The third-order valence-corrected chi connectivity index (χ3v) is 5.50. The Kier molecular flexibility index (Phi) is 6.54. The maximum absolute atomic E-state index is 12.2. The molecule has 2 heterocycles. The monoisotopic (exact) mass is 434 g/mol. The van der Waals surface area contributed by atoms with Gasteiger partial charge in [0.15, 0.2) is 6.61 Å². The van der Waals surface area contributed by atoms with E-state index in [-0.39, 0.29) is 18.4 Å². The lowest BCUT2D eigenvalue weighted by atomic mass is 10.1. The number of nitrogens with one attached hydrogen (secondary N) is 1. The second-order valence-electron chi connectivity index (χ2n) is 7.88. The molecule has 1 aliphatic rings. The van der Waals surface area contributed by atoms with Crippen LogP contribution in [0.5, 0.6) is 5.75 Å². The number of hydrogen-bond acceptors (Lipinski definition) is 5. The number of carbonyl (C=O) groups excluding carboxylic acids is 2. The molecule has 1 aromatic heterocycles. The number of aryl methyl sites for hydroxylation is 1. The molecule has 0 unspecified atom stereocenters. The Morgan fingerprint density at radius 2 is 1.94 bits per heavy atom. The smallest absolute Gasteiger partial charge is 0.336 e. The quantitative estimate of drug-likeness (QED) is 0.548. The Morgan fingerprint density at radius 3 is 2.66 bits per heavy atom. The van der Waals surface area contributed by atoms with Crippen LogP contribution in [0.15, 0.2) is 57.7 Å². The van der Waals surface area contributed by atoms with Crippen LogP contribution < -0.4 is 20.6 Å². The number of rotatable bonds is 8. The van der Waals surface area contributed by atoms with Crippen molar-refractivity contribution in [2.75, 3.05) is 18.1 Å². The molecule has 166 valence electrons. The summed E-state index contributed by atoms with van der Waals surface area (Å²) in [5.74, 6) is 0.354. The largest absolute Gasteiger partial charge is 0.484 e. The molecule has 0 bridgehead atoms. The minimum Gasteiger partial charge on any atom is -0.484 e. The SMILES string of the molecule is CCCc1cc(=O)oc2cc(OCC(=O)NCc3ccc(N4CCCC4=O)cc3)ccc12. The Labute approximate surface area is 186 Å². The highest BCUT2D eigenvalue weighted by Gasteiger charge is 2.21. The number of nitrogens with zero attached hydrogens (tertiary/aromatic N) is 1. The Balaban J connectivity index is 1.31. The fourth-order valence-electron chi connectivity index (χ4n) is 3.89. The van der Waals surface area contributed by atoms with Crippen LogP contribution in [0.25, 0.3) is 11.0 Å². The highest BCUT2D eigenvalue weighted by Crippen LogP contribution is 2.24. The zero-order valence-corrected chi connectivity index (χ0v) is 18.1. The molecule has 7 nitrogen and oxygen atoms in total. The van der Waals surface area contributed by atoms with Gasteiger partial charge in [-0.05, 0) is 48.2 Å². The van der Waals surface area contributed by atoms with E-state index in [2.05, 4.69) is 12.2 Å². The molecule has 1 fully saturated rings. The van der Waals surface area contributed by atoms with Crippen molar-refractivity contribution >= 4 is 28.5 Å². The molecule has 0 spiro atoms. The minimum absolute atomic E-state index is 0.148. The van der Waals surface area contributed by atoms with E-state index in [0.29, 0.717) is 24.3 Å². The van der Waals surface area contributed by atoms with Crippen LogP contribution in [0.1, 0.15) is 37.3 Å². The molecular formula is C25H26N2O5. The molecule has 3 aromatic rings. The topological polar surface area (TPSA) is 88.8 Å². The van der Waals surface area contributed by atoms with Crippen LogP contribution in [-0.2, 0) is 22.6 Å². The zero-order valence-electron chi connectivity index (χ0n) is 18.1. The summed E-state index contributed by atoms with van der Waals surface area (Å²) in [6.45, 7) is 3.03. The van der Waals surface area contributed by atoms with Gasteiger partial charge in [-0.15, -0.1) is 0 Å². The number of amides is 2. The number of fused-ring (bicyclic) bond motifs is 1. The predicted molar refractivity (Wildman–Crippen MR) is 122 cm³/mol. The van der Waals surface area contributed by atoms with Crippen molar-refractivity contribution in [2.24, 2.45) is 0 Å². The summed E-state index contributed by atoms with van der Waals surface area (Å²) in [7, 11) is 0. The number of anilines is 1. The first kappa shape index (κ1) is 21.6. The molecule has 0 aliphatic carbocycles. The molecule has 32 heavy (non-hydrogen) atoms. The molecule has 1 aliphatic heterocycles. The molecule has 0 radical (unpaired) electrons. The van der Waals surface area contributed by atoms with Crippen LogP contribution >= 0.6 is 0 Å². The second-order valence-corrected chi connectivity index (χ2v) is 7.88. The van der Waals surface area contributed by atoms with E-state index >= 15 is 0 Å². The van der Waals surface area contributed by atoms with Crippen molar-refractivity contribution < 1.29 is 18.7 Å². The van der Waals surface area contributed by atoms with Gasteiger partial charge in [-0.2, -0.15) is 0 Å². The van der Waals surface area contributed by atoms with E-state index in [9.17, 15) is 14.4 Å². The molecule has 1 saturated heterocycles. The molecule has 2 amide bonds. The van der Waals surface area contributed by atoms with E-state index in [4.69, 9.17) is 9.15 Å². The maximum atomic E-state index is 12.2. The first-order chi connectivity index (χ1) is 15.5. The summed E-state index contributed by atoms with van der Waals surface area (Å²) in [6, 6.07) is 14.4. The Morgan fingerprint density at radius 1 is 1.12 bits per heavy atom. The highest BCUT2D eigenvalue weighted by atomic mass is 16.5. The normalized spacial score (nSPS) is 13.5. The molecule has 0 saturated carbocycles. The summed E-state index contributed by atoms with van der Waals surface area (Å²) in [5.41, 5.74) is 2.83. The third-order valence-electron chi connectivity index (χ3n) is 5.50. The van der Waals surface area contributed by atoms with Crippen LogP contribution in [0.3, 0.4) is 0 Å². The number of ether oxygens (including phenoxy) is 1. The molecule has 2 aromatic carbocycles. The van der Waals surface area contributed by atoms with E-state index in [1.54, 1.807) is 17.0 Å². The van der Waals surface area contributed by atoms with E-state index in [0.717, 1.165) is 48.0 Å². The van der Waals surface area contributed by atoms with Crippen molar-refractivity contribution in [3.63, 3.8) is 0 Å². The van der Waals surface area contributed by atoms with Gasteiger partial charge < -0.3 is 19.4 Å². The highest BCUT2D eigenvalue weighted by molar-refractivity contribution is 5.95. The van der Waals surface area contributed by atoms with Crippen molar-refractivity contribution in [3.05, 3.63) is 70.1 Å². The fourth-order valence-corrected chi connectivity index (χ4v) is 3.89. The minimum atomic E-state index is -0.393. The molecule has 4 rings (SSSR count). The summed E-state index contributed by atoms with van der Waals surface area (Å²) < 4.78 is 10.9. The van der Waals surface area contributed by atoms with Crippen molar-refractivity contribution in [2.45, 2.75) is 39.2 Å². The zero-order chi connectivity index (χ0) is 22.5. The average molecular weight is 434 g/mol. The van der Waals surface area contributed by atoms with E-state index in [1.165, 1.54) is 6.07 Å². The van der Waals surface area contributed by atoms with Crippen molar-refractivity contribution in [1.29, 1.82) is 0 Å². The van der Waals surface area contributed by atoms with Gasteiger partial charge in [-0.1, -0.05) is 25.5 Å². The molecular weight excluding hydrogens is 408 g/mol. The van der Waals surface area contributed by atoms with Gasteiger partial charge in [0, 0.05) is 42.7 Å². The standard InChI is InChI=1S/C25H26N2O5/c1-2-4-18-13-25(30)32-22-14-20(10-11-21(18)22)31-16-23(28)26-15-17-6-8-19(9-7-17)27-12-3-5-24(27)29/h6-11,13-14H,2-5,12,15-16H2,1H3,(H,26,28). The second kappa shape index (κ2) is 9.68. The summed E-state index contributed by atoms with van der Waals surface area (Å²) in [6.07, 6.45) is 3.21. The molecule has 1 N–H and O–H groups in total. The van der Waals surface area contributed by atoms with Crippen molar-refractivity contribution in [1.82, 2.24) is 5.32 Å². The maximum Gasteiger partial charge on any atom is 0.336 e. The van der Waals surface area contributed by atoms with Gasteiger partial charge in [0.1, 0.15) is 11.3 Å². The van der Waals surface area contributed by atoms with Crippen LogP contribution in [0.4, 0.5) is 5.69 Å². The number of benzene rings is 2. The lowest BCUT2D eigenvalue weighted by Gasteiger charge is -2.16. The van der Waals surface area contributed by atoms with E-state index in [1.807, 2.05) is 30.3 Å². The summed E-state index contributed by atoms with van der Waals surface area (Å²) in [5, 5.41) is 3.70. The van der Waals surface area contributed by atoms with Crippen LogP contribution in [-0.4, -0.2) is 25.0 Å². The lowest BCUT2D eigenvalue weighted by molar-refractivity contribution is -0.123. The predicted octanol–water partition coefficient (Wildman–Crippen LogP) is 3.57. The van der Waals surface area contributed by atoms with Gasteiger partial charge in [-0.3, -0.25) is 9.59 Å². The van der Waals surface area contributed by atoms with Gasteiger partial charge in [-0.25, -0.2) is 4.79 Å². The van der Waals surface area contributed by atoms with E-state index < -0.39 is 5.63 Å². The van der Waals surface area contributed by atoms with Gasteiger partial charge in [0.05, 0.1) is 0 Å². The molecule has 7 heteroatoms. The summed E-state index contributed by atoms with van der Waals surface area (Å²) >= 11 is 0. The Bertz CT molecular complexity index is 1180. The Hall–Kier alpha value is -3.61. The van der Waals surface area contributed by atoms with Crippen LogP contribution in [0.2, 0.25) is 0 Å². The molecule has 0 atom stereocenters. The van der Waals surface area contributed by atoms with Gasteiger partial charge in [0.2, 0.25) is 5.91 Å². The average Bonchev–Trinajstić information content (AvgIpc) is 3.22. The van der Waals surface area contributed by atoms with Gasteiger partial charge in [0.25, 0.3) is 5.91 Å². The van der Waals surface area contributed by atoms with Crippen molar-refractivity contribution in [3.8, 4) is 5.75 Å². The number of carbonyl (C=O) groups is 2. The first-order valence-corrected chi connectivity index (χ1v) is 10.9. The number of hydrogen-bond donors (Lipinski definition) is 1. The van der Waals surface area contributed by atoms with Crippen LogP contribution in [0, 0.1) is 0 Å². The first-order valence-electron chi connectivity index (χ1n) is 10.9. The van der Waals surface area contributed by atoms with Gasteiger partial charge >= 0.3 is 5.63 Å². The lowest BCUT2D eigenvalue weighted by Crippen LogP contribution is -2.28. The summed E-state index contributed by atoms with van der Waals surface area (Å²) in [4.78, 5) is 37.6. The third kappa shape index (κ3) is 4.99.